The highest BCUT2D eigenvalue weighted by atomic mass is 35.5. The molecule has 0 bridgehead atoms. The number of carbonyl (C=O) groups is 2. The fraction of sp³-hybridized carbons (Fsp3) is 0.125. The van der Waals surface area contributed by atoms with Crippen molar-refractivity contribution in [2.45, 2.75) is 13.1 Å². The molecule has 7 heteroatoms. The quantitative estimate of drug-likeness (QED) is 0.456. The summed E-state index contributed by atoms with van der Waals surface area (Å²) < 4.78 is 6.60. The average molecular weight is 434 g/mol. The van der Waals surface area contributed by atoms with Gasteiger partial charge in [-0.1, -0.05) is 48.0 Å². The Labute approximate surface area is 184 Å². The van der Waals surface area contributed by atoms with Crippen LogP contribution in [0.15, 0.2) is 72.8 Å². The van der Waals surface area contributed by atoms with Crippen LogP contribution in [-0.4, -0.2) is 28.5 Å². The predicted octanol–water partition coefficient (Wildman–Crippen LogP) is 4.45. The van der Waals surface area contributed by atoms with Crippen molar-refractivity contribution < 1.29 is 14.3 Å². The number of amides is 1. The average Bonchev–Trinajstić information content (AvgIpc) is 3.17. The summed E-state index contributed by atoms with van der Waals surface area (Å²) >= 11 is 6.00. The van der Waals surface area contributed by atoms with Gasteiger partial charge < -0.3 is 14.6 Å². The number of hydrogen-bond donors (Lipinski definition) is 1. The molecule has 0 saturated carbocycles. The molecule has 0 aliphatic heterocycles. The van der Waals surface area contributed by atoms with Gasteiger partial charge in [-0.2, -0.15) is 0 Å². The zero-order valence-corrected chi connectivity index (χ0v) is 17.6. The predicted molar refractivity (Wildman–Crippen MR) is 119 cm³/mol. The molecule has 1 amide bonds. The second-order valence-electron chi connectivity index (χ2n) is 7.01. The van der Waals surface area contributed by atoms with E-state index in [2.05, 4.69) is 10.3 Å². The molecule has 0 spiro atoms. The van der Waals surface area contributed by atoms with E-state index in [1.54, 1.807) is 24.3 Å². The molecule has 0 radical (unpaired) electrons. The van der Waals surface area contributed by atoms with E-state index < -0.39 is 5.97 Å². The number of nitrogens with one attached hydrogen (secondary N) is 1. The van der Waals surface area contributed by atoms with Crippen LogP contribution in [0.1, 0.15) is 32.1 Å². The number of ether oxygens (including phenoxy) is 1. The Hall–Kier alpha value is -3.64. The molecule has 0 fully saturated rings. The molecule has 0 unspecified atom stereocenters. The van der Waals surface area contributed by atoms with Gasteiger partial charge in [0.05, 0.1) is 23.7 Å². The third-order valence-electron chi connectivity index (χ3n) is 4.94. The number of para-hydroxylation sites is 2. The van der Waals surface area contributed by atoms with Gasteiger partial charge in [0.1, 0.15) is 0 Å². The Balaban J connectivity index is 1.56. The van der Waals surface area contributed by atoms with Gasteiger partial charge >= 0.3 is 5.97 Å². The normalized spacial score (nSPS) is 10.8. The molecule has 156 valence electrons. The molecule has 31 heavy (non-hydrogen) atoms. The van der Waals surface area contributed by atoms with E-state index >= 15 is 0 Å². The number of aromatic nitrogens is 2. The lowest BCUT2D eigenvalue weighted by molar-refractivity contribution is 0.0600. The smallest absolute Gasteiger partial charge is 0.337 e. The van der Waals surface area contributed by atoms with E-state index in [-0.39, 0.29) is 5.91 Å². The van der Waals surface area contributed by atoms with Crippen LogP contribution in [0.4, 0.5) is 0 Å². The highest BCUT2D eigenvalue weighted by Gasteiger charge is 2.18. The van der Waals surface area contributed by atoms with Crippen molar-refractivity contribution in [2.75, 3.05) is 7.11 Å². The van der Waals surface area contributed by atoms with Crippen LogP contribution in [0.3, 0.4) is 0 Å². The lowest BCUT2D eigenvalue weighted by Crippen LogP contribution is -2.26. The zero-order chi connectivity index (χ0) is 21.8. The molecule has 6 nitrogen and oxygen atoms in total. The lowest BCUT2D eigenvalue weighted by Gasteiger charge is -2.10. The number of esters is 1. The minimum absolute atomic E-state index is 0.276. The number of carbonyl (C=O) groups excluding carboxylic acids is 2. The zero-order valence-electron chi connectivity index (χ0n) is 16.8. The van der Waals surface area contributed by atoms with Crippen LogP contribution in [0.5, 0.6) is 0 Å². The molecule has 0 saturated heterocycles. The van der Waals surface area contributed by atoms with E-state index in [0.717, 1.165) is 22.2 Å². The van der Waals surface area contributed by atoms with Gasteiger partial charge in [-0.05, 0) is 47.5 Å². The van der Waals surface area contributed by atoms with E-state index in [1.807, 2.05) is 53.1 Å². The van der Waals surface area contributed by atoms with Crippen LogP contribution in [-0.2, 0) is 17.8 Å². The fourth-order valence-corrected chi connectivity index (χ4v) is 3.45. The van der Waals surface area contributed by atoms with Gasteiger partial charge in [0, 0.05) is 18.1 Å². The number of imidazole rings is 1. The maximum Gasteiger partial charge on any atom is 0.337 e. The summed E-state index contributed by atoms with van der Waals surface area (Å²) in [6.45, 7) is 0.804. The topological polar surface area (TPSA) is 73.2 Å². The van der Waals surface area contributed by atoms with Gasteiger partial charge in [-0.25, -0.2) is 9.78 Å². The van der Waals surface area contributed by atoms with E-state index in [1.165, 1.54) is 7.11 Å². The SMILES string of the molecule is COC(=O)c1ccc(CNC(=O)c2nc3ccccc3n2Cc2ccc(Cl)cc2)cc1. The molecule has 0 atom stereocenters. The lowest BCUT2D eigenvalue weighted by atomic mass is 10.1. The van der Waals surface area contributed by atoms with E-state index in [9.17, 15) is 9.59 Å². The van der Waals surface area contributed by atoms with Crippen LogP contribution >= 0.6 is 11.6 Å². The fourth-order valence-electron chi connectivity index (χ4n) is 3.32. The monoisotopic (exact) mass is 433 g/mol. The molecule has 1 aromatic heterocycles. The first-order chi connectivity index (χ1) is 15.0. The van der Waals surface area contributed by atoms with Crippen LogP contribution in [0.2, 0.25) is 5.02 Å². The molecular weight excluding hydrogens is 414 g/mol. The Morgan fingerprint density at radius 2 is 1.65 bits per heavy atom. The summed E-state index contributed by atoms with van der Waals surface area (Å²) in [5.41, 5.74) is 3.97. The van der Waals surface area contributed by atoms with Crippen LogP contribution < -0.4 is 5.32 Å². The summed E-state index contributed by atoms with van der Waals surface area (Å²) in [6, 6.07) is 22.1. The van der Waals surface area contributed by atoms with Crippen molar-refractivity contribution in [3.63, 3.8) is 0 Å². The number of fused-ring (bicyclic) bond motifs is 1. The first-order valence-corrected chi connectivity index (χ1v) is 10.1. The maximum atomic E-state index is 13.0. The van der Waals surface area contributed by atoms with Gasteiger partial charge in [0.15, 0.2) is 5.82 Å². The molecule has 4 rings (SSSR count). The third-order valence-corrected chi connectivity index (χ3v) is 5.19. The highest BCUT2D eigenvalue weighted by molar-refractivity contribution is 6.30. The maximum absolute atomic E-state index is 13.0. The van der Waals surface area contributed by atoms with Crippen molar-refractivity contribution in [1.82, 2.24) is 14.9 Å². The number of nitrogens with zero attached hydrogens (tertiary/aromatic N) is 2. The summed E-state index contributed by atoms with van der Waals surface area (Å²) in [5, 5.41) is 3.58. The van der Waals surface area contributed by atoms with Crippen molar-refractivity contribution in [3.05, 3.63) is 100 Å². The third kappa shape index (κ3) is 4.59. The molecule has 4 aromatic rings. The van der Waals surface area contributed by atoms with Gasteiger partial charge in [-0.3, -0.25) is 4.79 Å². The van der Waals surface area contributed by atoms with Crippen LogP contribution in [0, 0.1) is 0 Å². The number of hydrogen-bond acceptors (Lipinski definition) is 4. The van der Waals surface area contributed by atoms with Crippen molar-refractivity contribution >= 4 is 34.5 Å². The number of halogens is 1. The Kier molecular flexibility index (Phi) is 6.00. The van der Waals surface area contributed by atoms with Gasteiger partial charge in [-0.15, -0.1) is 0 Å². The summed E-state index contributed by atoms with van der Waals surface area (Å²) in [5.74, 6) is -0.337. The van der Waals surface area contributed by atoms with Crippen molar-refractivity contribution in [1.29, 1.82) is 0 Å². The largest absolute Gasteiger partial charge is 0.465 e. The van der Waals surface area contributed by atoms with Crippen molar-refractivity contribution in [3.8, 4) is 0 Å². The molecular formula is C24H20ClN3O3. The van der Waals surface area contributed by atoms with E-state index in [0.29, 0.717) is 29.5 Å². The summed E-state index contributed by atoms with van der Waals surface area (Å²) in [4.78, 5) is 29.1. The van der Waals surface area contributed by atoms with Crippen LogP contribution in [0.25, 0.3) is 11.0 Å². The second kappa shape index (κ2) is 9.02. The number of rotatable bonds is 6. The summed E-state index contributed by atoms with van der Waals surface area (Å²) in [6.07, 6.45) is 0. The van der Waals surface area contributed by atoms with E-state index in [4.69, 9.17) is 16.3 Å². The van der Waals surface area contributed by atoms with Crippen molar-refractivity contribution in [2.24, 2.45) is 0 Å². The van der Waals surface area contributed by atoms with Gasteiger partial charge in [0.2, 0.25) is 0 Å². The number of methoxy groups -OCH3 is 1. The molecule has 1 heterocycles. The minimum atomic E-state index is -0.397. The first kappa shape index (κ1) is 20.6. The molecule has 1 N–H and O–H groups in total. The first-order valence-electron chi connectivity index (χ1n) is 9.70. The summed E-state index contributed by atoms with van der Waals surface area (Å²) in [7, 11) is 1.34. The molecule has 0 aliphatic rings. The molecule has 3 aromatic carbocycles. The Morgan fingerprint density at radius 1 is 0.968 bits per heavy atom. The Bertz CT molecular complexity index is 1230. The second-order valence-corrected chi connectivity index (χ2v) is 7.44. The number of benzene rings is 3. The minimum Gasteiger partial charge on any atom is -0.465 e. The van der Waals surface area contributed by atoms with Gasteiger partial charge in [0.25, 0.3) is 5.91 Å². The molecule has 0 aliphatic carbocycles. The highest BCUT2D eigenvalue weighted by Crippen LogP contribution is 2.19. The Morgan fingerprint density at radius 3 is 2.35 bits per heavy atom. The standard InChI is InChI=1S/C24H20ClN3O3/c1-31-24(30)18-10-6-16(7-11-18)14-26-23(29)22-27-20-4-2-3-5-21(20)28(22)15-17-8-12-19(25)13-9-17/h2-13H,14-15H2,1H3,(H,26,29).